The lowest BCUT2D eigenvalue weighted by Gasteiger charge is -2.10. The fraction of sp³-hybridized carbons (Fsp3) is 0.231. The summed E-state index contributed by atoms with van der Waals surface area (Å²) in [6.45, 7) is 2.09. The third kappa shape index (κ3) is 4.29. The highest BCUT2D eigenvalue weighted by molar-refractivity contribution is 7.99. The fourth-order valence-corrected chi connectivity index (χ4v) is 4.94. The third-order valence-electron chi connectivity index (χ3n) is 2.56. The first kappa shape index (κ1) is 16.5. The Bertz CT molecular complexity index is 729. The molecule has 0 aliphatic heterocycles. The molecule has 1 heterocycles. The number of sulfonamides is 1. The molecule has 0 bridgehead atoms. The van der Waals surface area contributed by atoms with Crippen molar-refractivity contribution in [1.82, 2.24) is 0 Å². The Kier molecular flexibility index (Phi) is 5.43. The second kappa shape index (κ2) is 6.91. The topological polar surface area (TPSA) is 72.2 Å². The highest BCUT2D eigenvalue weighted by Crippen LogP contribution is 2.31. The molecule has 0 spiro atoms. The van der Waals surface area contributed by atoms with E-state index in [0.29, 0.717) is 15.7 Å². The summed E-state index contributed by atoms with van der Waals surface area (Å²) in [7, 11) is -3.66. The molecule has 21 heavy (non-hydrogen) atoms. The Hall–Kier alpha value is -0.890. The van der Waals surface area contributed by atoms with Crippen LogP contribution in [-0.4, -0.2) is 14.2 Å². The third-order valence-corrected chi connectivity index (χ3v) is 6.84. The molecule has 2 aromatic rings. The molecule has 3 N–H and O–H groups in total. The van der Waals surface area contributed by atoms with E-state index in [2.05, 4.69) is 11.6 Å². The maximum absolute atomic E-state index is 12.3. The zero-order chi connectivity index (χ0) is 15.5. The van der Waals surface area contributed by atoms with Gasteiger partial charge in [-0.25, -0.2) is 8.42 Å². The van der Waals surface area contributed by atoms with Gasteiger partial charge >= 0.3 is 0 Å². The molecule has 0 saturated heterocycles. The molecular weight excluding hydrogens is 348 g/mol. The summed E-state index contributed by atoms with van der Waals surface area (Å²) in [5.41, 5.74) is 6.63. The van der Waals surface area contributed by atoms with Crippen LogP contribution in [0, 0.1) is 0 Å². The molecule has 4 nitrogen and oxygen atoms in total. The summed E-state index contributed by atoms with van der Waals surface area (Å²) in [4.78, 5) is 0.980. The maximum atomic E-state index is 12.3. The van der Waals surface area contributed by atoms with Gasteiger partial charge in [0.05, 0.1) is 15.7 Å². The number of nitrogens with one attached hydrogen (secondary N) is 1. The van der Waals surface area contributed by atoms with Crippen molar-refractivity contribution in [3.05, 3.63) is 34.7 Å². The Morgan fingerprint density at radius 2 is 2.10 bits per heavy atom. The second-order valence-corrected chi connectivity index (χ2v) is 9.05. The lowest BCUT2D eigenvalue weighted by Crippen LogP contribution is -2.12. The zero-order valence-electron chi connectivity index (χ0n) is 11.3. The van der Waals surface area contributed by atoms with Crippen LogP contribution >= 0.6 is 34.7 Å². The first-order chi connectivity index (χ1) is 9.92. The largest absolute Gasteiger partial charge is 0.397 e. The van der Waals surface area contributed by atoms with Crippen molar-refractivity contribution in [3.8, 4) is 0 Å². The van der Waals surface area contributed by atoms with Gasteiger partial charge in [0.1, 0.15) is 4.21 Å². The SMILES string of the molecule is CCCSc1ccc(N)c(NS(=O)(=O)c2ccc(Cl)s2)c1. The fourth-order valence-electron chi connectivity index (χ4n) is 1.57. The minimum Gasteiger partial charge on any atom is -0.397 e. The number of halogens is 1. The van der Waals surface area contributed by atoms with Gasteiger partial charge in [0.2, 0.25) is 0 Å². The van der Waals surface area contributed by atoms with Crippen molar-refractivity contribution in [3.63, 3.8) is 0 Å². The van der Waals surface area contributed by atoms with E-state index >= 15 is 0 Å². The molecule has 114 valence electrons. The van der Waals surface area contributed by atoms with E-state index < -0.39 is 10.0 Å². The molecular formula is C13H15ClN2O2S3. The van der Waals surface area contributed by atoms with Crippen LogP contribution in [0.5, 0.6) is 0 Å². The predicted octanol–water partition coefficient (Wildman–Crippen LogP) is 4.29. The smallest absolute Gasteiger partial charge is 0.271 e. The summed E-state index contributed by atoms with van der Waals surface area (Å²) in [6, 6.07) is 8.37. The molecule has 0 unspecified atom stereocenters. The number of nitrogens with two attached hydrogens (primary N) is 1. The van der Waals surface area contributed by atoms with Crippen LogP contribution in [0.1, 0.15) is 13.3 Å². The first-order valence-corrected chi connectivity index (χ1v) is 9.89. The van der Waals surface area contributed by atoms with Gasteiger partial charge < -0.3 is 5.73 Å². The van der Waals surface area contributed by atoms with Gasteiger partial charge in [-0.05, 0) is 42.5 Å². The van der Waals surface area contributed by atoms with Crippen molar-refractivity contribution in [1.29, 1.82) is 0 Å². The average Bonchev–Trinajstić information content (AvgIpc) is 2.87. The monoisotopic (exact) mass is 362 g/mol. The quantitative estimate of drug-likeness (QED) is 0.594. The van der Waals surface area contributed by atoms with Crippen LogP contribution in [0.4, 0.5) is 11.4 Å². The number of nitrogen functional groups attached to an aromatic ring is 1. The molecule has 1 aromatic carbocycles. The van der Waals surface area contributed by atoms with E-state index in [4.69, 9.17) is 17.3 Å². The van der Waals surface area contributed by atoms with Crippen molar-refractivity contribution >= 4 is 56.1 Å². The number of thiophene rings is 1. The highest BCUT2D eigenvalue weighted by atomic mass is 35.5. The van der Waals surface area contributed by atoms with Crippen LogP contribution < -0.4 is 10.5 Å². The second-order valence-electron chi connectivity index (χ2n) is 4.26. The summed E-state index contributed by atoms with van der Waals surface area (Å²) < 4.78 is 27.7. The van der Waals surface area contributed by atoms with Crippen molar-refractivity contribution in [2.45, 2.75) is 22.4 Å². The molecule has 0 radical (unpaired) electrons. The van der Waals surface area contributed by atoms with Gasteiger partial charge in [0, 0.05) is 4.90 Å². The van der Waals surface area contributed by atoms with Crippen LogP contribution in [-0.2, 0) is 10.0 Å². The van der Waals surface area contributed by atoms with Gasteiger partial charge in [-0.2, -0.15) is 0 Å². The molecule has 0 atom stereocenters. The summed E-state index contributed by atoms with van der Waals surface area (Å²) >= 11 is 8.45. The molecule has 8 heteroatoms. The predicted molar refractivity (Wildman–Crippen MR) is 92.0 cm³/mol. The number of thioether (sulfide) groups is 1. The van der Waals surface area contributed by atoms with E-state index in [-0.39, 0.29) is 4.21 Å². The minimum absolute atomic E-state index is 0.165. The van der Waals surface area contributed by atoms with Gasteiger partial charge in [-0.3, -0.25) is 4.72 Å². The molecule has 0 aliphatic rings. The molecule has 0 amide bonds. The number of rotatable bonds is 6. The zero-order valence-corrected chi connectivity index (χ0v) is 14.5. The van der Waals surface area contributed by atoms with E-state index in [1.54, 1.807) is 30.0 Å². The van der Waals surface area contributed by atoms with Crippen LogP contribution in [0.25, 0.3) is 0 Å². The van der Waals surface area contributed by atoms with Crippen LogP contribution in [0.3, 0.4) is 0 Å². The Morgan fingerprint density at radius 1 is 1.33 bits per heavy atom. The van der Waals surface area contributed by atoms with Gasteiger partial charge in [0.25, 0.3) is 10.0 Å². The standard InChI is InChI=1S/C13H15ClN2O2S3/c1-2-7-19-9-3-4-10(15)11(8-9)16-21(17,18)13-6-5-12(14)20-13/h3-6,8,16H,2,7,15H2,1H3. The van der Waals surface area contributed by atoms with E-state index in [1.807, 2.05) is 6.07 Å². The van der Waals surface area contributed by atoms with E-state index in [9.17, 15) is 8.42 Å². The van der Waals surface area contributed by atoms with Crippen molar-refractivity contribution < 1.29 is 8.42 Å². The molecule has 0 aliphatic carbocycles. The summed E-state index contributed by atoms with van der Waals surface area (Å²) in [5, 5.41) is 0. The molecule has 1 aromatic heterocycles. The minimum atomic E-state index is -3.66. The summed E-state index contributed by atoms with van der Waals surface area (Å²) in [6.07, 6.45) is 1.05. The molecule has 2 rings (SSSR count). The maximum Gasteiger partial charge on any atom is 0.271 e. The van der Waals surface area contributed by atoms with Gasteiger partial charge in [-0.1, -0.05) is 18.5 Å². The Labute approximate surface area is 137 Å². The lowest BCUT2D eigenvalue weighted by molar-refractivity contribution is 0.603. The molecule has 0 fully saturated rings. The highest BCUT2D eigenvalue weighted by Gasteiger charge is 2.18. The Balaban J connectivity index is 2.26. The number of hydrogen-bond donors (Lipinski definition) is 2. The van der Waals surface area contributed by atoms with Crippen LogP contribution in [0.2, 0.25) is 4.34 Å². The van der Waals surface area contributed by atoms with Gasteiger partial charge in [-0.15, -0.1) is 23.1 Å². The van der Waals surface area contributed by atoms with Crippen molar-refractivity contribution in [2.75, 3.05) is 16.2 Å². The molecule has 0 saturated carbocycles. The number of benzene rings is 1. The first-order valence-electron chi connectivity index (χ1n) is 6.23. The van der Waals surface area contributed by atoms with Crippen molar-refractivity contribution in [2.24, 2.45) is 0 Å². The lowest BCUT2D eigenvalue weighted by atomic mass is 10.3. The number of anilines is 2. The van der Waals surface area contributed by atoms with E-state index in [0.717, 1.165) is 28.4 Å². The summed E-state index contributed by atoms with van der Waals surface area (Å²) in [5.74, 6) is 0.969. The van der Waals surface area contributed by atoms with Crippen LogP contribution in [0.15, 0.2) is 39.4 Å². The van der Waals surface area contributed by atoms with E-state index in [1.165, 1.54) is 6.07 Å². The average molecular weight is 363 g/mol. The number of hydrogen-bond acceptors (Lipinski definition) is 5. The Morgan fingerprint density at radius 3 is 2.71 bits per heavy atom. The van der Waals surface area contributed by atoms with Gasteiger partial charge in [0.15, 0.2) is 0 Å². The normalized spacial score (nSPS) is 11.5.